The molecule has 2 heterocycles. The molecule has 2 N–H and O–H groups in total. The number of hydrogen-bond acceptors (Lipinski definition) is 6. The van der Waals surface area contributed by atoms with Gasteiger partial charge in [0.25, 0.3) is 0 Å². The third-order valence-corrected chi connectivity index (χ3v) is 4.57. The van der Waals surface area contributed by atoms with Crippen LogP contribution in [0.25, 0.3) is 0 Å². The van der Waals surface area contributed by atoms with Gasteiger partial charge < -0.3 is 24.8 Å². The lowest BCUT2D eigenvalue weighted by Gasteiger charge is -2.33. The molecule has 146 valence electrons. The first-order valence-electron chi connectivity index (χ1n) is 9.04. The van der Waals surface area contributed by atoms with Gasteiger partial charge in [-0.05, 0) is 13.0 Å². The van der Waals surface area contributed by atoms with Crippen LogP contribution in [-0.2, 0) is 14.3 Å². The van der Waals surface area contributed by atoms with Crippen LogP contribution in [0.15, 0.2) is 35.5 Å². The molecule has 0 spiro atoms. The first-order chi connectivity index (χ1) is 13.1. The number of nitrogens with zero attached hydrogens (tertiary/aromatic N) is 1. The molecule has 0 radical (unpaired) electrons. The Bertz CT molecular complexity index is 728. The lowest BCUT2D eigenvalue weighted by Crippen LogP contribution is -2.49. The number of carbonyl (C=O) groups excluding carboxylic acids is 2. The van der Waals surface area contributed by atoms with Crippen LogP contribution in [0.5, 0.6) is 5.75 Å². The first-order valence-corrected chi connectivity index (χ1v) is 9.04. The molecule has 1 atom stereocenters. The van der Waals surface area contributed by atoms with Crippen molar-refractivity contribution < 1.29 is 23.8 Å². The van der Waals surface area contributed by atoms with Gasteiger partial charge in [0.15, 0.2) is 0 Å². The second-order valence-corrected chi connectivity index (χ2v) is 6.27. The van der Waals surface area contributed by atoms with Crippen LogP contribution in [0.1, 0.15) is 18.5 Å². The van der Waals surface area contributed by atoms with Crippen LogP contribution in [0, 0.1) is 0 Å². The average Bonchev–Trinajstić information content (AvgIpc) is 2.68. The van der Waals surface area contributed by atoms with E-state index >= 15 is 0 Å². The fraction of sp³-hybridized carbons (Fsp3) is 0.474. The van der Waals surface area contributed by atoms with E-state index in [0.29, 0.717) is 48.9 Å². The Kier molecular flexibility index (Phi) is 6.31. The second-order valence-electron chi connectivity index (χ2n) is 6.27. The minimum absolute atomic E-state index is 0.359. The fourth-order valence-electron chi connectivity index (χ4n) is 3.32. The number of esters is 1. The zero-order valence-electron chi connectivity index (χ0n) is 15.6. The van der Waals surface area contributed by atoms with Gasteiger partial charge in [0.05, 0.1) is 38.5 Å². The predicted octanol–water partition coefficient (Wildman–Crippen LogP) is 1.20. The van der Waals surface area contributed by atoms with E-state index in [1.54, 1.807) is 0 Å². The van der Waals surface area contributed by atoms with Crippen LogP contribution < -0.4 is 15.4 Å². The van der Waals surface area contributed by atoms with Crippen molar-refractivity contribution in [3.05, 3.63) is 41.1 Å². The zero-order valence-corrected chi connectivity index (χ0v) is 15.6. The van der Waals surface area contributed by atoms with Gasteiger partial charge in [0.2, 0.25) is 0 Å². The normalized spacial score (nSPS) is 20.7. The van der Waals surface area contributed by atoms with Crippen molar-refractivity contribution in [3.63, 3.8) is 0 Å². The van der Waals surface area contributed by atoms with Crippen LogP contribution in [0.4, 0.5) is 4.79 Å². The third kappa shape index (κ3) is 4.40. The van der Waals surface area contributed by atoms with E-state index in [2.05, 4.69) is 15.5 Å². The standard InChI is InChI=1S/C19H25N3O5/c1-3-27-15-7-5-4-6-13(15)17-16(18(23)25-2)14(20-19(24)21-17)12-22-8-10-26-11-9-22/h4-7,17H,3,8-12H2,1-2H3,(H2,20,21,24)/t17-/m1/s1. The number of nitrogens with one attached hydrogen (secondary N) is 2. The predicted molar refractivity (Wildman–Crippen MR) is 98.3 cm³/mol. The molecule has 0 saturated carbocycles. The summed E-state index contributed by atoms with van der Waals surface area (Å²) in [4.78, 5) is 27.1. The average molecular weight is 375 g/mol. The van der Waals surface area contributed by atoms with Gasteiger partial charge in [-0.15, -0.1) is 0 Å². The molecule has 8 nitrogen and oxygen atoms in total. The van der Waals surface area contributed by atoms with Crippen molar-refractivity contribution in [3.8, 4) is 5.75 Å². The summed E-state index contributed by atoms with van der Waals surface area (Å²) >= 11 is 0. The highest BCUT2D eigenvalue weighted by atomic mass is 16.5. The third-order valence-electron chi connectivity index (χ3n) is 4.57. The molecule has 1 fully saturated rings. The van der Waals surface area contributed by atoms with Crippen molar-refractivity contribution in [1.82, 2.24) is 15.5 Å². The van der Waals surface area contributed by atoms with Gasteiger partial charge in [-0.1, -0.05) is 18.2 Å². The number of rotatable bonds is 6. The Morgan fingerprint density at radius 1 is 1.30 bits per heavy atom. The fourth-order valence-corrected chi connectivity index (χ4v) is 3.32. The topological polar surface area (TPSA) is 89.1 Å². The van der Waals surface area contributed by atoms with E-state index < -0.39 is 12.0 Å². The largest absolute Gasteiger partial charge is 0.494 e. The molecule has 1 aromatic rings. The summed E-state index contributed by atoms with van der Waals surface area (Å²) < 4.78 is 16.1. The molecule has 8 heteroatoms. The maximum atomic E-state index is 12.6. The van der Waals surface area contributed by atoms with Crippen molar-refractivity contribution in [1.29, 1.82) is 0 Å². The smallest absolute Gasteiger partial charge is 0.338 e. The summed E-state index contributed by atoms with van der Waals surface area (Å²) in [6.07, 6.45) is 0. The summed E-state index contributed by atoms with van der Waals surface area (Å²) in [7, 11) is 1.34. The summed E-state index contributed by atoms with van der Waals surface area (Å²) in [5, 5.41) is 5.62. The number of urea groups is 1. The van der Waals surface area contributed by atoms with Crippen molar-refractivity contribution in [2.24, 2.45) is 0 Å². The van der Waals surface area contributed by atoms with Crippen LogP contribution in [-0.4, -0.2) is 63.5 Å². The Morgan fingerprint density at radius 2 is 2.04 bits per heavy atom. The maximum absolute atomic E-state index is 12.6. The van der Waals surface area contributed by atoms with Crippen molar-refractivity contribution in [2.75, 3.05) is 46.6 Å². The molecule has 2 aliphatic heterocycles. The van der Waals surface area contributed by atoms with Gasteiger partial charge in [-0.25, -0.2) is 9.59 Å². The molecule has 0 bridgehead atoms. The van der Waals surface area contributed by atoms with E-state index in [1.165, 1.54) is 7.11 Å². The van der Waals surface area contributed by atoms with Gasteiger partial charge >= 0.3 is 12.0 Å². The molecule has 1 aromatic carbocycles. The highest BCUT2D eigenvalue weighted by Gasteiger charge is 2.35. The summed E-state index contributed by atoms with van der Waals surface area (Å²) in [5.74, 6) is 0.140. The molecular formula is C19H25N3O5. The van der Waals surface area contributed by atoms with E-state index in [0.717, 1.165) is 13.1 Å². The number of para-hydroxylation sites is 1. The second kappa shape index (κ2) is 8.88. The summed E-state index contributed by atoms with van der Waals surface area (Å²) in [6, 6.07) is 6.36. The van der Waals surface area contributed by atoms with Gasteiger partial charge in [0, 0.05) is 30.9 Å². The molecule has 27 heavy (non-hydrogen) atoms. The number of hydrogen-bond donors (Lipinski definition) is 2. The Balaban J connectivity index is 2.01. The highest BCUT2D eigenvalue weighted by molar-refractivity contribution is 5.95. The monoisotopic (exact) mass is 375 g/mol. The SMILES string of the molecule is CCOc1ccccc1[C@H]1NC(=O)NC(CN2CCOCC2)=C1C(=O)OC. The van der Waals surface area contributed by atoms with E-state index in [-0.39, 0.29) is 6.03 Å². The molecule has 0 aliphatic carbocycles. The zero-order chi connectivity index (χ0) is 19.2. The number of carbonyl (C=O) groups is 2. The number of ether oxygens (including phenoxy) is 3. The van der Waals surface area contributed by atoms with Crippen molar-refractivity contribution >= 4 is 12.0 Å². The quantitative estimate of drug-likeness (QED) is 0.727. The molecule has 3 rings (SSSR count). The van der Waals surface area contributed by atoms with Gasteiger partial charge in [-0.2, -0.15) is 0 Å². The molecular weight excluding hydrogens is 350 g/mol. The Morgan fingerprint density at radius 3 is 2.74 bits per heavy atom. The van der Waals surface area contributed by atoms with Crippen LogP contribution in [0.2, 0.25) is 0 Å². The molecule has 2 aliphatic rings. The van der Waals surface area contributed by atoms with Gasteiger partial charge in [0.1, 0.15) is 5.75 Å². The minimum atomic E-state index is -0.648. The molecule has 2 amide bonds. The van der Waals surface area contributed by atoms with Crippen LogP contribution in [0.3, 0.4) is 0 Å². The Hall–Kier alpha value is -2.58. The van der Waals surface area contributed by atoms with Crippen molar-refractivity contribution in [2.45, 2.75) is 13.0 Å². The van der Waals surface area contributed by atoms with E-state index in [9.17, 15) is 9.59 Å². The molecule has 0 aromatic heterocycles. The lowest BCUT2D eigenvalue weighted by molar-refractivity contribution is -0.136. The number of methoxy groups -OCH3 is 1. The summed E-state index contributed by atoms with van der Waals surface area (Å²) in [6.45, 7) is 5.54. The Labute approximate surface area is 158 Å². The highest BCUT2D eigenvalue weighted by Crippen LogP contribution is 2.33. The minimum Gasteiger partial charge on any atom is -0.494 e. The van der Waals surface area contributed by atoms with E-state index in [1.807, 2.05) is 31.2 Å². The number of benzene rings is 1. The van der Waals surface area contributed by atoms with E-state index in [4.69, 9.17) is 14.2 Å². The number of morpholine rings is 1. The first kappa shape index (κ1) is 19.2. The van der Waals surface area contributed by atoms with Crippen LogP contribution >= 0.6 is 0 Å². The summed E-state index contributed by atoms with van der Waals surface area (Å²) in [5.41, 5.74) is 1.65. The van der Waals surface area contributed by atoms with Gasteiger partial charge in [-0.3, -0.25) is 4.90 Å². The maximum Gasteiger partial charge on any atom is 0.338 e. The number of amides is 2. The molecule has 1 saturated heterocycles. The molecule has 0 unspecified atom stereocenters. The lowest BCUT2D eigenvalue weighted by atomic mass is 9.94.